The van der Waals surface area contributed by atoms with Gasteiger partial charge in [-0.05, 0) is 39.9 Å². The van der Waals surface area contributed by atoms with Gasteiger partial charge in [0.15, 0.2) is 17.5 Å². The van der Waals surface area contributed by atoms with Crippen LogP contribution in [-0.4, -0.2) is 19.9 Å². The third-order valence-corrected chi connectivity index (χ3v) is 13.6. The normalized spacial score (nSPS) is 11.3. The minimum atomic E-state index is 0.591. The summed E-state index contributed by atoms with van der Waals surface area (Å²) in [6.07, 6.45) is 0. The lowest BCUT2D eigenvalue weighted by molar-refractivity contribution is 1.07. The molecule has 0 saturated carbocycles. The Hall–Kier alpha value is -8.64. The molecule has 0 amide bonds. The van der Waals surface area contributed by atoms with Gasteiger partial charge in [0.25, 0.3) is 0 Å². The van der Waals surface area contributed by atoms with E-state index in [0.29, 0.717) is 17.5 Å². The monoisotopic (exact) mass is 872 g/mol. The van der Waals surface area contributed by atoms with Crippen LogP contribution in [0.3, 0.4) is 0 Å². The molecule has 0 N–H and O–H groups in total. The third-order valence-electron chi connectivity index (χ3n) is 12.4. The fourth-order valence-electron chi connectivity index (χ4n) is 9.19. The molecule has 314 valence electrons. The van der Waals surface area contributed by atoms with Gasteiger partial charge < -0.3 is 0 Å². The van der Waals surface area contributed by atoms with Crippen LogP contribution in [0.2, 0.25) is 0 Å². The van der Waals surface area contributed by atoms with Crippen LogP contribution in [0.25, 0.3) is 121 Å². The van der Waals surface area contributed by atoms with Gasteiger partial charge >= 0.3 is 0 Å². The van der Waals surface area contributed by atoms with Gasteiger partial charge in [0.1, 0.15) is 0 Å². The van der Waals surface area contributed by atoms with E-state index in [4.69, 9.17) is 19.9 Å². The van der Waals surface area contributed by atoms with Crippen molar-refractivity contribution in [2.24, 2.45) is 0 Å². The van der Waals surface area contributed by atoms with Crippen LogP contribution in [0.1, 0.15) is 0 Å². The molecule has 0 fully saturated rings. The molecule has 12 aromatic rings. The number of hydrogen-bond acceptors (Lipinski definition) is 5. The Morgan fingerprint density at radius 3 is 1.22 bits per heavy atom. The van der Waals surface area contributed by atoms with E-state index in [9.17, 15) is 0 Å². The Balaban J connectivity index is 1.06. The molecule has 9 aromatic carbocycles. The summed E-state index contributed by atoms with van der Waals surface area (Å²) in [4.78, 5) is 21.3. The summed E-state index contributed by atoms with van der Waals surface area (Å²) in [6, 6.07) is 85.1. The molecular formula is C62H40N4S. The average molecular weight is 873 g/mol. The van der Waals surface area contributed by atoms with Crippen LogP contribution in [0.15, 0.2) is 243 Å². The van der Waals surface area contributed by atoms with Gasteiger partial charge in [0, 0.05) is 64.7 Å². The Morgan fingerprint density at radius 1 is 0.254 bits per heavy atom. The number of rotatable bonds is 9. The maximum Gasteiger partial charge on any atom is 0.164 e. The number of pyridine rings is 1. The molecule has 0 bridgehead atoms. The van der Waals surface area contributed by atoms with Crippen molar-refractivity contribution in [2.75, 3.05) is 0 Å². The molecular weight excluding hydrogens is 833 g/mol. The minimum absolute atomic E-state index is 0.591. The predicted molar refractivity (Wildman–Crippen MR) is 279 cm³/mol. The molecule has 67 heavy (non-hydrogen) atoms. The first-order chi connectivity index (χ1) is 33.2. The molecule has 12 rings (SSSR count). The smallest absolute Gasteiger partial charge is 0.164 e. The third kappa shape index (κ3) is 7.57. The second kappa shape index (κ2) is 17.4. The van der Waals surface area contributed by atoms with E-state index < -0.39 is 0 Å². The lowest BCUT2D eigenvalue weighted by Gasteiger charge is -2.23. The van der Waals surface area contributed by atoms with Crippen LogP contribution < -0.4 is 0 Å². The first-order valence-electron chi connectivity index (χ1n) is 22.5. The SMILES string of the molecule is c1ccc(-c2nc(-c3ccc(-c4cccc5c4sc4ccccc45)cc3)nc(-c3cccc(-c4c(-c5ccccc5)c(-c5ccccc5)nc(-c5ccccc5)c4-c4ccccc4)c3)n2)cc1. The van der Waals surface area contributed by atoms with Crippen LogP contribution in [0.4, 0.5) is 0 Å². The Bertz CT molecular complexity index is 3600. The molecule has 0 aliphatic rings. The molecule has 0 unspecified atom stereocenters. The van der Waals surface area contributed by atoms with E-state index in [1.807, 2.05) is 29.5 Å². The van der Waals surface area contributed by atoms with Crippen LogP contribution in [0.5, 0.6) is 0 Å². The predicted octanol–water partition coefficient (Wildman–Crippen LogP) is 16.6. The number of fused-ring (bicyclic) bond motifs is 3. The summed E-state index contributed by atoms with van der Waals surface area (Å²) in [5.41, 5.74) is 15.3. The summed E-state index contributed by atoms with van der Waals surface area (Å²) < 4.78 is 2.58. The summed E-state index contributed by atoms with van der Waals surface area (Å²) >= 11 is 1.84. The van der Waals surface area contributed by atoms with Gasteiger partial charge in [-0.25, -0.2) is 19.9 Å². The molecule has 4 nitrogen and oxygen atoms in total. The van der Waals surface area contributed by atoms with E-state index in [1.54, 1.807) is 0 Å². The van der Waals surface area contributed by atoms with Gasteiger partial charge in [0.2, 0.25) is 0 Å². The van der Waals surface area contributed by atoms with E-state index in [2.05, 4.69) is 224 Å². The molecule has 3 aromatic heterocycles. The van der Waals surface area contributed by atoms with Crippen LogP contribution in [0, 0.1) is 0 Å². The van der Waals surface area contributed by atoms with Crippen LogP contribution in [-0.2, 0) is 0 Å². The van der Waals surface area contributed by atoms with Crippen molar-refractivity contribution >= 4 is 31.5 Å². The highest BCUT2D eigenvalue weighted by molar-refractivity contribution is 7.26. The van der Waals surface area contributed by atoms with E-state index in [0.717, 1.165) is 78.1 Å². The topological polar surface area (TPSA) is 51.6 Å². The molecule has 0 aliphatic carbocycles. The van der Waals surface area contributed by atoms with Gasteiger partial charge in [-0.2, -0.15) is 0 Å². The van der Waals surface area contributed by atoms with Crippen LogP contribution >= 0.6 is 11.3 Å². The molecule has 0 saturated heterocycles. The Labute approximate surface area is 393 Å². The Morgan fingerprint density at radius 2 is 0.657 bits per heavy atom. The van der Waals surface area contributed by atoms with E-state index in [1.165, 1.54) is 25.7 Å². The van der Waals surface area contributed by atoms with Crippen molar-refractivity contribution < 1.29 is 0 Å². The van der Waals surface area contributed by atoms with Gasteiger partial charge in [-0.1, -0.05) is 231 Å². The van der Waals surface area contributed by atoms with Gasteiger partial charge in [-0.15, -0.1) is 11.3 Å². The quantitative estimate of drug-likeness (QED) is 0.145. The largest absolute Gasteiger partial charge is 0.246 e. The maximum atomic E-state index is 5.64. The van der Waals surface area contributed by atoms with Gasteiger partial charge in [-0.3, -0.25) is 0 Å². The molecule has 5 heteroatoms. The lowest BCUT2D eigenvalue weighted by Crippen LogP contribution is -2.02. The molecule has 0 aliphatic heterocycles. The first kappa shape index (κ1) is 39.9. The highest BCUT2D eigenvalue weighted by Gasteiger charge is 2.26. The van der Waals surface area contributed by atoms with Crippen molar-refractivity contribution in [1.82, 2.24) is 19.9 Å². The fourth-order valence-corrected chi connectivity index (χ4v) is 10.4. The minimum Gasteiger partial charge on any atom is -0.246 e. The first-order valence-corrected chi connectivity index (χ1v) is 23.3. The number of hydrogen-bond donors (Lipinski definition) is 0. The summed E-state index contributed by atoms with van der Waals surface area (Å²) in [6.45, 7) is 0. The van der Waals surface area contributed by atoms with Crippen molar-refractivity contribution in [1.29, 1.82) is 0 Å². The standard InChI is InChI=1S/C62H40N4S/c1-6-20-42(21-7-1)55-54(56(43-22-8-2-9-23-43)58(45-26-12-4-13-27-45)63-57(55)44-24-10-3-11-25-44)48-30-18-31-49(40-48)62-65-60(46-28-14-5-15-29-46)64-61(66-62)47-38-36-41(37-39-47)50-33-19-34-52-51-32-16-17-35-53(51)67-59(50)52/h1-40H. The number of aromatic nitrogens is 4. The van der Waals surface area contributed by atoms with Crippen molar-refractivity contribution in [3.63, 3.8) is 0 Å². The van der Waals surface area contributed by atoms with Crippen molar-refractivity contribution in [3.05, 3.63) is 243 Å². The summed E-state index contributed by atoms with van der Waals surface area (Å²) in [5.74, 6) is 1.81. The number of nitrogens with zero attached hydrogens (tertiary/aromatic N) is 4. The fraction of sp³-hybridized carbons (Fsp3) is 0. The number of thiophene rings is 1. The zero-order chi connectivity index (χ0) is 44.5. The summed E-state index contributed by atoms with van der Waals surface area (Å²) in [5, 5.41) is 2.58. The molecule has 0 spiro atoms. The zero-order valence-corrected chi connectivity index (χ0v) is 37.1. The second-order valence-electron chi connectivity index (χ2n) is 16.5. The highest BCUT2D eigenvalue weighted by Crippen LogP contribution is 2.49. The second-order valence-corrected chi connectivity index (χ2v) is 17.6. The molecule has 0 radical (unpaired) electrons. The zero-order valence-electron chi connectivity index (χ0n) is 36.3. The summed E-state index contributed by atoms with van der Waals surface area (Å²) in [7, 11) is 0. The maximum absolute atomic E-state index is 5.64. The number of benzene rings is 9. The van der Waals surface area contributed by atoms with Gasteiger partial charge in [0.05, 0.1) is 11.4 Å². The molecule has 3 heterocycles. The lowest BCUT2D eigenvalue weighted by atomic mass is 9.83. The molecule has 0 atom stereocenters. The Kier molecular flexibility index (Phi) is 10.4. The van der Waals surface area contributed by atoms with Crippen molar-refractivity contribution in [2.45, 2.75) is 0 Å². The van der Waals surface area contributed by atoms with E-state index >= 15 is 0 Å². The highest BCUT2D eigenvalue weighted by atomic mass is 32.1. The van der Waals surface area contributed by atoms with E-state index in [-0.39, 0.29) is 0 Å². The average Bonchev–Trinajstić information content (AvgIpc) is 3.81. The van der Waals surface area contributed by atoms with Crippen molar-refractivity contribution in [3.8, 4) is 101 Å².